The van der Waals surface area contributed by atoms with E-state index in [9.17, 15) is 14.0 Å². The first kappa shape index (κ1) is 22.6. The molecule has 0 bridgehead atoms. The van der Waals surface area contributed by atoms with Crippen molar-refractivity contribution in [3.05, 3.63) is 53.1 Å². The molecule has 9 heteroatoms. The van der Waals surface area contributed by atoms with Crippen LogP contribution in [0.4, 0.5) is 9.18 Å². The topological polar surface area (TPSA) is 78.5 Å². The van der Waals surface area contributed by atoms with E-state index in [1.807, 2.05) is 0 Å². The highest BCUT2D eigenvalue weighted by molar-refractivity contribution is 6.22. The van der Waals surface area contributed by atoms with Crippen LogP contribution in [0.15, 0.2) is 30.5 Å². The number of aromatic nitrogens is 2. The van der Waals surface area contributed by atoms with Gasteiger partial charge in [0.2, 0.25) is 5.91 Å². The monoisotopic (exact) mass is 462 g/mol. The van der Waals surface area contributed by atoms with Crippen molar-refractivity contribution in [2.45, 2.75) is 63.1 Å². The van der Waals surface area contributed by atoms with E-state index in [1.54, 1.807) is 50.1 Å². The lowest BCUT2D eigenvalue weighted by molar-refractivity contribution is -0.135. The highest BCUT2D eigenvalue weighted by Gasteiger charge is 2.42. The Morgan fingerprint density at radius 2 is 2.00 bits per heavy atom. The van der Waals surface area contributed by atoms with Gasteiger partial charge >= 0.3 is 6.09 Å². The number of halogens is 2. The predicted molar refractivity (Wildman–Crippen MR) is 118 cm³/mol. The molecule has 1 fully saturated rings. The number of nitrogens with zero attached hydrogens (tertiary/aromatic N) is 3. The molecule has 1 N–H and O–H groups in total. The van der Waals surface area contributed by atoms with Crippen molar-refractivity contribution in [1.29, 1.82) is 0 Å². The van der Waals surface area contributed by atoms with Gasteiger partial charge in [-0.15, -0.1) is 0 Å². The number of carbonyl (C=O) groups is 2. The average molecular weight is 463 g/mol. The summed E-state index contributed by atoms with van der Waals surface area (Å²) in [5, 5.41) is 6.98. The summed E-state index contributed by atoms with van der Waals surface area (Å²) in [6.45, 7) is 6.34. The van der Waals surface area contributed by atoms with E-state index in [2.05, 4.69) is 10.2 Å². The van der Waals surface area contributed by atoms with Crippen LogP contribution < -0.4 is 0 Å². The maximum Gasteiger partial charge on any atom is 0.410 e. The van der Waals surface area contributed by atoms with Gasteiger partial charge < -0.3 is 14.5 Å². The number of ether oxygens (including phenoxy) is 1. The summed E-state index contributed by atoms with van der Waals surface area (Å²) in [6.07, 6.45) is 2.56. The summed E-state index contributed by atoms with van der Waals surface area (Å²) in [6, 6.07) is 6.56. The zero-order chi connectivity index (χ0) is 23.0. The molecule has 3 unspecified atom stereocenters. The minimum atomic E-state index is -0.680. The lowest BCUT2D eigenvalue weighted by atomic mass is 9.87. The molecule has 0 spiro atoms. The van der Waals surface area contributed by atoms with Crippen LogP contribution in [0, 0.1) is 5.82 Å². The van der Waals surface area contributed by atoms with Crippen LogP contribution >= 0.6 is 11.6 Å². The summed E-state index contributed by atoms with van der Waals surface area (Å²) in [5.41, 5.74) is 0.653. The molecule has 2 aliphatic heterocycles. The Kier molecular flexibility index (Phi) is 6.16. The SMILES string of the molecule is CC(C)(C)OC(=O)N1Cc2[nH]ncc2C(C(=O)N2CCCC(c3ccccc3F)C2Cl)C1. The number of alkyl halides is 1. The third-order valence-electron chi connectivity index (χ3n) is 5.96. The van der Waals surface area contributed by atoms with Crippen LogP contribution in [0.1, 0.15) is 62.3 Å². The van der Waals surface area contributed by atoms with Crippen molar-refractivity contribution < 1.29 is 18.7 Å². The van der Waals surface area contributed by atoms with Crippen molar-refractivity contribution >= 4 is 23.6 Å². The van der Waals surface area contributed by atoms with Crippen molar-refractivity contribution in [3.63, 3.8) is 0 Å². The van der Waals surface area contributed by atoms with E-state index < -0.39 is 23.1 Å². The molecule has 2 aliphatic rings. The molecular weight excluding hydrogens is 435 g/mol. The Bertz CT molecular complexity index is 1010. The summed E-state index contributed by atoms with van der Waals surface area (Å²) in [7, 11) is 0. The zero-order valence-electron chi connectivity index (χ0n) is 18.5. The van der Waals surface area contributed by atoms with E-state index in [-0.39, 0.29) is 30.7 Å². The molecule has 2 aromatic rings. The molecular formula is C23H28ClFN4O3. The number of piperidine rings is 1. The predicted octanol–water partition coefficient (Wildman–Crippen LogP) is 4.35. The lowest BCUT2D eigenvalue weighted by Crippen LogP contribution is -2.50. The summed E-state index contributed by atoms with van der Waals surface area (Å²) < 4.78 is 19.9. The van der Waals surface area contributed by atoms with Gasteiger partial charge in [-0.1, -0.05) is 29.8 Å². The third kappa shape index (κ3) is 4.46. The fourth-order valence-corrected chi connectivity index (χ4v) is 4.93. The fourth-order valence-electron chi connectivity index (χ4n) is 4.47. The van der Waals surface area contributed by atoms with Crippen molar-refractivity contribution in [1.82, 2.24) is 20.0 Å². The van der Waals surface area contributed by atoms with E-state index in [4.69, 9.17) is 16.3 Å². The summed E-state index contributed by atoms with van der Waals surface area (Å²) in [5.74, 6) is -1.43. The molecule has 0 aliphatic carbocycles. The molecule has 3 atom stereocenters. The van der Waals surface area contributed by atoms with Crippen molar-refractivity contribution in [2.75, 3.05) is 13.1 Å². The van der Waals surface area contributed by atoms with Gasteiger partial charge in [0.15, 0.2) is 0 Å². The second-order valence-electron chi connectivity index (χ2n) is 9.39. The van der Waals surface area contributed by atoms with Gasteiger partial charge in [0, 0.05) is 24.6 Å². The van der Waals surface area contributed by atoms with Crippen LogP contribution in [0.5, 0.6) is 0 Å². The first-order chi connectivity index (χ1) is 15.2. The number of fused-ring (bicyclic) bond motifs is 1. The Morgan fingerprint density at radius 3 is 2.72 bits per heavy atom. The third-order valence-corrected chi connectivity index (χ3v) is 6.50. The molecule has 0 saturated carbocycles. The van der Waals surface area contributed by atoms with Gasteiger partial charge in [-0.2, -0.15) is 5.10 Å². The van der Waals surface area contributed by atoms with E-state index >= 15 is 0 Å². The maximum absolute atomic E-state index is 14.4. The molecule has 1 saturated heterocycles. The number of rotatable bonds is 2. The number of aromatic amines is 1. The van der Waals surface area contributed by atoms with Gasteiger partial charge in [0.05, 0.1) is 24.4 Å². The highest BCUT2D eigenvalue weighted by Crippen LogP contribution is 2.38. The van der Waals surface area contributed by atoms with Crippen molar-refractivity contribution in [2.24, 2.45) is 0 Å². The zero-order valence-corrected chi connectivity index (χ0v) is 19.2. The van der Waals surface area contributed by atoms with Crippen LogP contribution in [-0.4, -0.2) is 56.2 Å². The number of carbonyl (C=O) groups excluding carboxylic acids is 2. The first-order valence-electron chi connectivity index (χ1n) is 10.8. The molecule has 7 nitrogen and oxygen atoms in total. The summed E-state index contributed by atoms with van der Waals surface area (Å²) in [4.78, 5) is 29.5. The number of H-pyrrole nitrogens is 1. The number of likely N-dealkylation sites (tertiary alicyclic amines) is 1. The number of amides is 2. The molecule has 1 aromatic carbocycles. The Hall–Kier alpha value is -2.61. The van der Waals surface area contributed by atoms with Gasteiger partial charge in [0.25, 0.3) is 0 Å². The minimum Gasteiger partial charge on any atom is -0.444 e. The van der Waals surface area contributed by atoms with Crippen LogP contribution in [0.2, 0.25) is 0 Å². The van der Waals surface area contributed by atoms with Gasteiger partial charge in [-0.3, -0.25) is 9.89 Å². The van der Waals surface area contributed by atoms with Crippen LogP contribution in [0.25, 0.3) is 0 Å². The quantitative estimate of drug-likeness (QED) is 0.531. The first-order valence-corrected chi connectivity index (χ1v) is 11.3. The Labute approximate surface area is 191 Å². The molecule has 0 radical (unpaired) electrons. The van der Waals surface area contributed by atoms with E-state index in [0.29, 0.717) is 30.6 Å². The number of hydrogen-bond donors (Lipinski definition) is 1. The molecule has 3 heterocycles. The normalized spacial score (nSPS) is 23.6. The van der Waals surface area contributed by atoms with Crippen LogP contribution in [-0.2, 0) is 16.1 Å². The molecule has 1 aromatic heterocycles. The van der Waals surface area contributed by atoms with Gasteiger partial charge in [0.1, 0.15) is 16.9 Å². The van der Waals surface area contributed by atoms with Crippen molar-refractivity contribution in [3.8, 4) is 0 Å². The number of nitrogens with one attached hydrogen (secondary N) is 1. The largest absolute Gasteiger partial charge is 0.444 e. The van der Waals surface area contributed by atoms with E-state index in [0.717, 1.165) is 5.56 Å². The maximum atomic E-state index is 14.4. The molecule has 32 heavy (non-hydrogen) atoms. The second kappa shape index (κ2) is 8.73. The fraction of sp³-hybridized carbons (Fsp3) is 0.522. The minimum absolute atomic E-state index is 0.171. The molecule has 172 valence electrons. The van der Waals surface area contributed by atoms with E-state index in [1.165, 1.54) is 11.0 Å². The standard InChI is InChI=1S/C23H28ClFN4O3/c1-23(2,3)32-22(31)28-12-17(16-11-26-27-19(16)13-28)21(30)29-10-6-8-15(20(29)24)14-7-4-5-9-18(14)25/h4-5,7,9,11,15,17,20H,6,8,10,12-13H2,1-3H3,(H,26,27). The Morgan fingerprint density at radius 1 is 1.25 bits per heavy atom. The number of benzene rings is 1. The lowest BCUT2D eigenvalue weighted by Gasteiger charge is -2.41. The summed E-state index contributed by atoms with van der Waals surface area (Å²) >= 11 is 6.77. The van der Waals surface area contributed by atoms with Gasteiger partial charge in [-0.05, 0) is 45.2 Å². The second-order valence-corrected chi connectivity index (χ2v) is 9.84. The van der Waals surface area contributed by atoms with Gasteiger partial charge in [-0.25, -0.2) is 9.18 Å². The number of hydrogen-bond acceptors (Lipinski definition) is 4. The molecule has 2 amide bonds. The molecule has 4 rings (SSSR count). The average Bonchev–Trinajstić information content (AvgIpc) is 3.21. The Balaban J connectivity index is 1.57. The smallest absolute Gasteiger partial charge is 0.410 e. The van der Waals surface area contributed by atoms with Crippen LogP contribution in [0.3, 0.4) is 0 Å². The highest BCUT2D eigenvalue weighted by atomic mass is 35.5.